The van der Waals surface area contributed by atoms with Crippen LogP contribution in [0.25, 0.3) is 0 Å². The first-order valence-electron chi connectivity index (χ1n) is 8.83. The molecule has 2 aliphatic carbocycles. The summed E-state index contributed by atoms with van der Waals surface area (Å²) in [4.78, 5) is 29.6. The minimum absolute atomic E-state index is 0.00910. The number of nitrogens with zero attached hydrogens (tertiary/aromatic N) is 2. The lowest BCUT2D eigenvalue weighted by Gasteiger charge is -2.32. The van der Waals surface area contributed by atoms with E-state index in [9.17, 15) is 9.59 Å². The van der Waals surface area contributed by atoms with Crippen molar-refractivity contribution in [3.05, 3.63) is 46.0 Å². The molecule has 1 atom stereocenters. The van der Waals surface area contributed by atoms with E-state index in [-0.39, 0.29) is 23.9 Å². The molecule has 5 nitrogen and oxygen atoms in total. The first-order chi connectivity index (χ1) is 12.6. The smallest absolute Gasteiger partial charge is 0.170 e. The van der Waals surface area contributed by atoms with Gasteiger partial charge in [-0.05, 0) is 61.6 Å². The van der Waals surface area contributed by atoms with Crippen molar-refractivity contribution in [1.29, 1.82) is 0 Å². The van der Waals surface area contributed by atoms with Gasteiger partial charge in [0, 0.05) is 16.0 Å². The average molecular weight is 434 g/mol. The largest absolute Gasteiger partial charge is 0.299 e. The van der Waals surface area contributed by atoms with Gasteiger partial charge in [-0.15, -0.1) is 11.8 Å². The van der Waals surface area contributed by atoms with Crippen molar-refractivity contribution in [1.82, 2.24) is 15.2 Å². The number of rotatable bonds is 8. The summed E-state index contributed by atoms with van der Waals surface area (Å²) >= 11 is 5.24. The number of carbonyl (C=O) groups excluding carboxylic acids is 2. The summed E-state index contributed by atoms with van der Waals surface area (Å²) in [5.74, 6) is 1.24. The molecule has 0 aliphatic heterocycles. The Kier molecular flexibility index (Phi) is 4.77. The van der Waals surface area contributed by atoms with Crippen LogP contribution in [0, 0.1) is 11.8 Å². The molecule has 7 heteroatoms. The van der Waals surface area contributed by atoms with E-state index in [1.165, 1.54) is 6.33 Å². The van der Waals surface area contributed by atoms with Crippen LogP contribution in [0.2, 0.25) is 0 Å². The molecular formula is C19H20BrN3O2S. The van der Waals surface area contributed by atoms with Gasteiger partial charge >= 0.3 is 0 Å². The molecule has 1 unspecified atom stereocenters. The lowest BCUT2D eigenvalue weighted by molar-refractivity contribution is -0.119. The Labute approximate surface area is 164 Å². The Balaban J connectivity index is 1.80. The van der Waals surface area contributed by atoms with Gasteiger partial charge in [-0.25, -0.2) is 4.98 Å². The minimum Gasteiger partial charge on any atom is -0.299 e. The highest BCUT2D eigenvalue weighted by Gasteiger charge is 2.51. The number of Topliss-reactive ketones (excluding diaryl/α,β-unsaturated/α-hetero) is 2. The number of aromatic nitrogens is 3. The van der Waals surface area contributed by atoms with Gasteiger partial charge in [0.2, 0.25) is 0 Å². The van der Waals surface area contributed by atoms with Gasteiger partial charge in [0.1, 0.15) is 22.7 Å². The molecule has 0 radical (unpaired) electrons. The lowest BCUT2D eigenvalue weighted by atomic mass is 9.86. The highest BCUT2D eigenvalue weighted by molar-refractivity contribution is 9.10. The van der Waals surface area contributed by atoms with Crippen LogP contribution >= 0.6 is 27.7 Å². The highest BCUT2D eigenvalue weighted by Crippen LogP contribution is 2.57. The number of halogens is 1. The van der Waals surface area contributed by atoms with Gasteiger partial charge in [0.05, 0.1) is 6.42 Å². The molecule has 1 N–H and O–H groups in total. The second kappa shape index (κ2) is 6.93. The molecule has 0 saturated heterocycles. The second-order valence-corrected chi connectivity index (χ2v) is 9.05. The Morgan fingerprint density at radius 2 is 2.08 bits per heavy atom. The predicted octanol–water partition coefficient (Wildman–Crippen LogP) is 4.14. The maximum atomic E-state index is 13.0. The van der Waals surface area contributed by atoms with Gasteiger partial charge in [0.25, 0.3) is 0 Å². The van der Waals surface area contributed by atoms with E-state index in [4.69, 9.17) is 0 Å². The molecule has 2 aromatic rings. The third-order valence-corrected chi connectivity index (χ3v) is 7.17. The molecule has 1 heterocycles. The predicted molar refractivity (Wildman–Crippen MR) is 104 cm³/mol. The molecule has 1 aromatic carbocycles. The molecule has 2 fully saturated rings. The average Bonchev–Trinajstić information content (AvgIpc) is 3.55. The van der Waals surface area contributed by atoms with Crippen LogP contribution in [-0.2, 0) is 9.54 Å². The van der Waals surface area contributed by atoms with Crippen LogP contribution in [0.3, 0.4) is 0 Å². The summed E-state index contributed by atoms with van der Waals surface area (Å²) in [6.07, 6.45) is 7.57. The van der Waals surface area contributed by atoms with Crippen molar-refractivity contribution >= 4 is 39.3 Å². The monoisotopic (exact) mass is 433 g/mol. The number of carbonyl (C=O) groups is 2. The Bertz CT molecular complexity index is 846. The normalized spacial score (nSPS) is 19.2. The topological polar surface area (TPSA) is 75.7 Å². The molecule has 0 spiro atoms. The number of thioether (sulfide) groups is 1. The Morgan fingerprint density at radius 3 is 2.65 bits per heavy atom. The zero-order valence-corrected chi connectivity index (χ0v) is 16.9. The summed E-state index contributed by atoms with van der Waals surface area (Å²) in [6, 6.07) is 5.72. The van der Waals surface area contributed by atoms with Crippen LogP contribution < -0.4 is 0 Å². The Morgan fingerprint density at radius 1 is 1.31 bits per heavy atom. The summed E-state index contributed by atoms with van der Waals surface area (Å²) in [7, 11) is 0. The van der Waals surface area contributed by atoms with E-state index in [0.717, 1.165) is 41.5 Å². The first kappa shape index (κ1) is 17.9. The zero-order valence-electron chi connectivity index (χ0n) is 14.5. The van der Waals surface area contributed by atoms with E-state index < -0.39 is 4.75 Å². The number of benzene rings is 1. The van der Waals surface area contributed by atoms with Crippen molar-refractivity contribution in [2.75, 3.05) is 6.26 Å². The number of ketones is 2. The quantitative estimate of drug-likeness (QED) is 0.499. The SMILES string of the molecule is CSC(c1ncn[nH]1)(c1cc(Br)ccc1C(=O)CC(=O)C1CC1)C1CC1. The fraction of sp³-hybridized carbons (Fsp3) is 0.474. The van der Waals surface area contributed by atoms with E-state index in [1.54, 1.807) is 11.8 Å². The molecule has 26 heavy (non-hydrogen) atoms. The third-order valence-electron chi connectivity index (χ3n) is 5.29. The van der Waals surface area contributed by atoms with Crippen molar-refractivity contribution in [3.63, 3.8) is 0 Å². The molecule has 2 aliphatic rings. The van der Waals surface area contributed by atoms with Crippen LogP contribution in [0.5, 0.6) is 0 Å². The Hall–Kier alpha value is -1.47. The van der Waals surface area contributed by atoms with Crippen LogP contribution in [0.15, 0.2) is 29.0 Å². The fourth-order valence-electron chi connectivity index (χ4n) is 3.66. The van der Waals surface area contributed by atoms with E-state index in [0.29, 0.717) is 11.5 Å². The molecule has 2 saturated carbocycles. The summed E-state index contributed by atoms with van der Waals surface area (Å²) in [5, 5.41) is 7.08. The number of aromatic amines is 1. The number of hydrogen-bond acceptors (Lipinski definition) is 5. The van der Waals surface area contributed by atoms with Crippen LogP contribution in [0.4, 0.5) is 0 Å². The van der Waals surface area contributed by atoms with Gasteiger partial charge < -0.3 is 0 Å². The minimum atomic E-state index is -0.450. The summed E-state index contributed by atoms with van der Waals surface area (Å²) in [6.45, 7) is 0. The van der Waals surface area contributed by atoms with Crippen molar-refractivity contribution in [2.45, 2.75) is 36.9 Å². The van der Waals surface area contributed by atoms with Gasteiger partial charge in [-0.2, -0.15) is 5.10 Å². The maximum Gasteiger partial charge on any atom is 0.170 e. The molecule has 4 rings (SSSR count). The zero-order chi connectivity index (χ0) is 18.3. The van der Waals surface area contributed by atoms with Gasteiger partial charge in [-0.1, -0.05) is 15.9 Å². The number of H-pyrrole nitrogens is 1. The molecule has 136 valence electrons. The second-order valence-electron chi connectivity index (χ2n) is 7.08. The molecular weight excluding hydrogens is 414 g/mol. The first-order valence-corrected chi connectivity index (χ1v) is 10.8. The highest BCUT2D eigenvalue weighted by atomic mass is 79.9. The molecule has 0 bridgehead atoms. The van der Waals surface area contributed by atoms with Gasteiger partial charge in [-0.3, -0.25) is 14.7 Å². The lowest BCUT2D eigenvalue weighted by Crippen LogP contribution is -2.30. The van der Waals surface area contributed by atoms with E-state index in [1.807, 2.05) is 24.5 Å². The van der Waals surface area contributed by atoms with Crippen LogP contribution in [-0.4, -0.2) is 33.0 Å². The van der Waals surface area contributed by atoms with Crippen molar-refractivity contribution in [2.24, 2.45) is 11.8 Å². The van der Waals surface area contributed by atoms with E-state index in [2.05, 4.69) is 31.1 Å². The number of nitrogens with one attached hydrogen (secondary N) is 1. The van der Waals surface area contributed by atoms with Gasteiger partial charge in [0.15, 0.2) is 5.78 Å². The van der Waals surface area contributed by atoms with Crippen molar-refractivity contribution in [3.8, 4) is 0 Å². The molecule has 0 amide bonds. The summed E-state index contributed by atoms with van der Waals surface area (Å²) in [5.41, 5.74) is 1.55. The summed E-state index contributed by atoms with van der Waals surface area (Å²) < 4.78 is 0.463. The third kappa shape index (κ3) is 3.16. The fourth-order valence-corrected chi connectivity index (χ4v) is 5.27. The maximum absolute atomic E-state index is 13.0. The van der Waals surface area contributed by atoms with Crippen LogP contribution in [0.1, 0.15) is 53.8 Å². The van der Waals surface area contributed by atoms with Crippen molar-refractivity contribution < 1.29 is 9.59 Å². The van der Waals surface area contributed by atoms with E-state index >= 15 is 0 Å². The number of hydrogen-bond donors (Lipinski definition) is 1. The molecule has 1 aromatic heterocycles. The standard InChI is InChI=1S/C19H20BrN3O2S/c1-26-19(12-4-5-12,18-21-10-22-23-18)15-8-13(20)6-7-14(15)17(25)9-16(24)11-2-3-11/h6-8,10-12H,2-5,9H2,1H3,(H,21,22,23).